The number of benzene rings is 1. The second-order valence-corrected chi connectivity index (χ2v) is 5.69. The number of hydrogen-bond acceptors (Lipinski definition) is 2. The zero-order valence-electron chi connectivity index (χ0n) is 10.6. The van der Waals surface area contributed by atoms with Gasteiger partial charge >= 0.3 is 0 Å². The van der Waals surface area contributed by atoms with Crippen LogP contribution >= 0.6 is 0 Å². The van der Waals surface area contributed by atoms with Crippen LogP contribution in [0.5, 0.6) is 5.75 Å². The monoisotopic (exact) mass is 249 g/mol. The number of rotatable bonds is 0. The predicted octanol–water partition coefficient (Wildman–Crippen LogP) is 3.70. The predicted molar refractivity (Wildman–Crippen MR) is 69.0 cm³/mol. The van der Waals surface area contributed by atoms with Crippen molar-refractivity contribution in [3.05, 3.63) is 29.6 Å². The van der Waals surface area contributed by atoms with Crippen LogP contribution in [0, 0.1) is 5.82 Å². The summed E-state index contributed by atoms with van der Waals surface area (Å²) in [6.45, 7) is 0. The van der Waals surface area contributed by atoms with Crippen molar-refractivity contribution in [3.8, 4) is 5.75 Å². The van der Waals surface area contributed by atoms with Gasteiger partial charge in [0.15, 0.2) is 0 Å². The number of nitrogens with two attached hydrogens (primary N) is 1. The average Bonchev–Trinajstić information content (AvgIpc) is 2.54. The lowest BCUT2D eigenvalue weighted by Gasteiger charge is -2.41. The fourth-order valence-corrected chi connectivity index (χ4v) is 3.37. The Morgan fingerprint density at radius 2 is 1.89 bits per heavy atom. The molecule has 2 aliphatic rings. The van der Waals surface area contributed by atoms with Crippen LogP contribution in [0.4, 0.5) is 4.39 Å². The minimum Gasteiger partial charge on any atom is -0.487 e. The van der Waals surface area contributed by atoms with E-state index in [2.05, 4.69) is 0 Å². The van der Waals surface area contributed by atoms with Crippen LogP contribution in [-0.2, 0) is 0 Å². The van der Waals surface area contributed by atoms with E-state index in [1.54, 1.807) is 6.07 Å². The third-order valence-electron chi connectivity index (χ3n) is 4.31. The summed E-state index contributed by atoms with van der Waals surface area (Å²) >= 11 is 0. The minimum absolute atomic E-state index is 0.0209. The van der Waals surface area contributed by atoms with E-state index >= 15 is 0 Å². The summed E-state index contributed by atoms with van der Waals surface area (Å²) in [4.78, 5) is 0. The van der Waals surface area contributed by atoms with E-state index in [0.29, 0.717) is 5.75 Å². The van der Waals surface area contributed by atoms with Gasteiger partial charge in [0.05, 0.1) is 0 Å². The normalized spacial score (nSPS) is 26.2. The number of fused-ring (bicyclic) bond motifs is 1. The number of hydrogen-bond donors (Lipinski definition) is 1. The maximum Gasteiger partial charge on any atom is 0.127 e. The molecule has 2 N–H and O–H groups in total. The van der Waals surface area contributed by atoms with Crippen LogP contribution in [0.15, 0.2) is 18.2 Å². The van der Waals surface area contributed by atoms with Gasteiger partial charge in [0.2, 0.25) is 0 Å². The van der Waals surface area contributed by atoms with Crippen LogP contribution in [0.25, 0.3) is 0 Å². The van der Waals surface area contributed by atoms with Crippen LogP contribution in [0.2, 0.25) is 0 Å². The summed E-state index contributed by atoms with van der Waals surface area (Å²) in [5.74, 6) is 0.419. The Balaban J connectivity index is 1.93. The number of ether oxygens (including phenoxy) is 1. The van der Waals surface area contributed by atoms with Gasteiger partial charge in [-0.3, -0.25) is 0 Å². The van der Waals surface area contributed by atoms with Crippen molar-refractivity contribution in [1.82, 2.24) is 0 Å². The first-order valence-corrected chi connectivity index (χ1v) is 6.93. The SMILES string of the molecule is N[C@@H]1CC2(CCCCCC2)Oc2cc(F)ccc21. The van der Waals surface area contributed by atoms with Gasteiger partial charge in [0, 0.05) is 24.1 Å². The highest BCUT2D eigenvalue weighted by Crippen LogP contribution is 2.44. The molecule has 1 spiro atoms. The Hall–Kier alpha value is -1.09. The van der Waals surface area contributed by atoms with Gasteiger partial charge in [-0.15, -0.1) is 0 Å². The molecule has 0 saturated heterocycles. The van der Waals surface area contributed by atoms with Gasteiger partial charge in [-0.25, -0.2) is 4.39 Å². The first-order chi connectivity index (χ1) is 8.69. The lowest BCUT2D eigenvalue weighted by molar-refractivity contribution is 0.0210. The Bertz CT molecular complexity index is 438. The highest BCUT2D eigenvalue weighted by molar-refractivity contribution is 5.39. The molecule has 1 aliphatic heterocycles. The van der Waals surface area contributed by atoms with Crippen molar-refractivity contribution in [2.24, 2.45) is 5.73 Å². The van der Waals surface area contributed by atoms with E-state index in [4.69, 9.17) is 10.5 Å². The Morgan fingerprint density at radius 3 is 2.61 bits per heavy atom. The molecule has 1 aliphatic carbocycles. The third-order valence-corrected chi connectivity index (χ3v) is 4.31. The van der Waals surface area contributed by atoms with E-state index in [1.807, 2.05) is 0 Å². The zero-order valence-corrected chi connectivity index (χ0v) is 10.6. The number of halogens is 1. The molecular weight excluding hydrogens is 229 g/mol. The third kappa shape index (κ3) is 2.12. The summed E-state index contributed by atoms with van der Waals surface area (Å²) in [5.41, 5.74) is 7.06. The van der Waals surface area contributed by atoms with Crippen molar-refractivity contribution in [3.63, 3.8) is 0 Å². The average molecular weight is 249 g/mol. The van der Waals surface area contributed by atoms with E-state index in [9.17, 15) is 4.39 Å². The van der Waals surface area contributed by atoms with Gasteiger partial charge in [-0.1, -0.05) is 18.9 Å². The van der Waals surface area contributed by atoms with E-state index in [1.165, 1.54) is 37.8 Å². The molecule has 2 nitrogen and oxygen atoms in total. The summed E-state index contributed by atoms with van der Waals surface area (Å²) < 4.78 is 19.5. The van der Waals surface area contributed by atoms with Gasteiger partial charge in [0.1, 0.15) is 17.2 Å². The lowest BCUT2D eigenvalue weighted by Crippen LogP contribution is -2.42. The highest BCUT2D eigenvalue weighted by atomic mass is 19.1. The fourth-order valence-electron chi connectivity index (χ4n) is 3.37. The Kier molecular flexibility index (Phi) is 3.02. The highest BCUT2D eigenvalue weighted by Gasteiger charge is 2.39. The molecule has 1 heterocycles. The van der Waals surface area contributed by atoms with Gasteiger partial charge in [0.25, 0.3) is 0 Å². The molecule has 1 fully saturated rings. The summed E-state index contributed by atoms with van der Waals surface area (Å²) in [5, 5.41) is 0. The topological polar surface area (TPSA) is 35.2 Å². The van der Waals surface area contributed by atoms with Crippen LogP contribution in [-0.4, -0.2) is 5.60 Å². The van der Waals surface area contributed by atoms with Crippen molar-refractivity contribution in [2.75, 3.05) is 0 Å². The summed E-state index contributed by atoms with van der Waals surface area (Å²) in [7, 11) is 0. The van der Waals surface area contributed by atoms with Crippen molar-refractivity contribution in [1.29, 1.82) is 0 Å². The first-order valence-electron chi connectivity index (χ1n) is 6.93. The molecule has 1 aromatic carbocycles. The molecule has 3 rings (SSSR count). The second-order valence-electron chi connectivity index (χ2n) is 5.69. The van der Waals surface area contributed by atoms with E-state index in [-0.39, 0.29) is 17.5 Å². The maximum atomic E-state index is 13.3. The minimum atomic E-state index is -0.244. The van der Waals surface area contributed by atoms with E-state index in [0.717, 1.165) is 24.8 Å². The van der Waals surface area contributed by atoms with Crippen LogP contribution < -0.4 is 10.5 Å². The molecule has 0 radical (unpaired) electrons. The standard InChI is InChI=1S/C15H20FNO/c16-11-5-6-12-13(17)10-15(18-14(12)9-11)7-3-1-2-4-8-15/h5-6,9,13H,1-4,7-8,10,17H2/t13-/m1/s1. The van der Waals surface area contributed by atoms with Crippen LogP contribution in [0.1, 0.15) is 56.6 Å². The summed E-state index contributed by atoms with van der Waals surface area (Å²) in [6.07, 6.45) is 7.90. The molecule has 1 saturated carbocycles. The van der Waals surface area contributed by atoms with Crippen molar-refractivity contribution in [2.45, 2.75) is 56.6 Å². The Morgan fingerprint density at radius 1 is 1.17 bits per heavy atom. The summed E-state index contributed by atoms with van der Waals surface area (Å²) in [6, 6.07) is 4.69. The molecular formula is C15H20FNO. The first kappa shape index (κ1) is 12.0. The molecule has 0 bridgehead atoms. The van der Waals surface area contributed by atoms with E-state index < -0.39 is 0 Å². The maximum absolute atomic E-state index is 13.3. The van der Waals surface area contributed by atoms with Gasteiger partial charge in [-0.05, 0) is 31.7 Å². The zero-order chi connectivity index (χ0) is 12.6. The second kappa shape index (κ2) is 4.54. The quantitative estimate of drug-likeness (QED) is 0.761. The smallest absolute Gasteiger partial charge is 0.127 e. The molecule has 0 aromatic heterocycles. The lowest BCUT2D eigenvalue weighted by atomic mass is 9.82. The largest absolute Gasteiger partial charge is 0.487 e. The Labute approximate surface area is 107 Å². The molecule has 0 amide bonds. The van der Waals surface area contributed by atoms with Crippen molar-refractivity contribution >= 4 is 0 Å². The fraction of sp³-hybridized carbons (Fsp3) is 0.600. The molecule has 3 heteroatoms. The molecule has 1 aromatic rings. The molecule has 18 heavy (non-hydrogen) atoms. The van der Waals surface area contributed by atoms with Gasteiger partial charge in [-0.2, -0.15) is 0 Å². The van der Waals surface area contributed by atoms with Gasteiger partial charge < -0.3 is 10.5 Å². The van der Waals surface area contributed by atoms with Crippen LogP contribution in [0.3, 0.4) is 0 Å². The van der Waals surface area contributed by atoms with Crippen molar-refractivity contribution < 1.29 is 9.13 Å². The molecule has 0 unspecified atom stereocenters. The molecule has 98 valence electrons. The molecule has 1 atom stereocenters.